The Hall–Kier alpha value is -2.89. The summed E-state index contributed by atoms with van der Waals surface area (Å²) in [5.74, 6) is 0.335. The van der Waals surface area contributed by atoms with Crippen LogP contribution in [-0.4, -0.2) is 64.2 Å². The third kappa shape index (κ3) is 5.45. The van der Waals surface area contributed by atoms with Crippen molar-refractivity contribution in [3.63, 3.8) is 0 Å². The molecule has 4 fully saturated rings. The number of halogens is 1. The van der Waals surface area contributed by atoms with Gasteiger partial charge < -0.3 is 24.8 Å². The number of carbonyl (C=O) groups is 2. The van der Waals surface area contributed by atoms with Crippen molar-refractivity contribution in [2.45, 2.75) is 90.0 Å². The molecule has 2 bridgehead atoms. The van der Waals surface area contributed by atoms with Crippen LogP contribution < -0.4 is 10.6 Å². The molecule has 3 saturated carbocycles. The van der Waals surface area contributed by atoms with Gasteiger partial charge in [-0.2, -0.15) is 5.10 Å². The lowest BCUT2D eigenvalue weighted by Crippen LogP contribution is -2.65. The lowest BCUT2D eigenvalue weighted by Gasteiger charge is -2.64. The van der Waals surface area contributed by atoms with Crippen LogP contribution in [0.15, 0.2) is 41.7 Å². The van der Waals surface area contributed by atoms with E-state index in [0.717, 1.165) is 18.4 Å². The van der Waals surface area contributed by atoms with Crippen LogP contribution in [0.5, 0.6) is 0 Å². The molecule has 12 heteroatoms. The molecule has 7 rings (SSSR count). The molecule has 2 aromatic rings. The van der Waals surface area contributed by atoms with Crippen molar-refractivity contribution in [3.05, 3.63) is 52.8 Å². The van der Waals surface area contributed by atoms with Crippen molar-refractivity contribution in [2.24, 2.45) is 35.4 Å². The van der Waals surface area contributed by atoms with Gasteiger partial charge in [0.15, 0.2) is 0 Å². The van der Waals surface area contributed by atoms with Crippen LogP contribution in [0.3, 0.4) is 0 Å². The van der Waals surface area contributed by atoms with Crippen molar-refractivity contribution in [1.29, 1.82) is 0 Å². The Labute approximate surface area is 264 Å². The Morgan fingerprint density at radius 2 is 1.93 bits per heavy atom. The number of nitrogens with one attached hydrogen (secondary N) is 2. The zero-order valence-electron chi connectivity index (χ0n) is 26.4. The number of amides is 2. The van der Waals surface area contributed by atoms with Gasteiger partial charge in [-0.05, 0) is 54.9 Å². The van der Waals surface area contributed by atoms with E-state index in [4.69, 9.17) is 25.7 Å². The van der Waals surface area contributed by atoms with E-state index < -0.39 is 12.7 Å². The average molecular weight is 624 g/mol. The molecule has 44 heavy (non-hydrogen) atoms. The molecule has 2 aliphatic heterocycles. The number of rotatable bonds is 10. The van der Waals surface area contributed by atoms with Crippen molar-refractivity contribution >= 4 is 36.2 Å². The minimum Gasteiger partial charge on any atom is -0.404 e. The summed E-state index contributed by atoms with van der Waals surface area (Å²) in [7, 11) is 1.10. The Morgan fingerprint density at radius 3 is 2.59 bits per heavy atom. The summed E-state index contributed by atoms with van der Waals surface area (Å²) >= 11 is 6.15. The second-order valence-corrected chi connectivity index (χ2v) is 14.7. The Bertz CT molecular complexity index is 1430. The van der Waals surface area contributed by atoms with Gasteiger partial charge in [0.2, 0.25) is 5.60 Å². The van der Waals surface area contributed by atoms with Gasteiger partial charge in [0.25, 0.3) is 11.8 Å². The van der Waals surface area contributed by atoms with Gasteiger partial charge in [0.05, 0.1) is 41.1 Å². The molecule has 2 amide bonds. The topological polar surface area (TPSA) is 116 Å². The summed E-state index contributed by atoms with van der Waals surface area (Å²) in [4.78, 5) is 33.2. The van der Waals surface area contributed by atoms with Crippen LogP contribution in [-0.2, 0) is 32.4 Å². The number of aryl methyl sites for hydroxylation is 1. The van der Waals surface area contributed by atoms with Gasteiger partial charge in [-0.15, -0.1) is 0 Å². The van der Waals surface area contributed by atoms with Gasteiger partial charge in [-0.1, -0.05) is 74.8 Å². The predicted octanol–water partition coefficient (Wildman–Crippen LogP) is 4.36. The summed E-state index contributed by atoms with van der Waals surface area (Å²) in [5, 5.41) is 14.7. The molecule has 10 nitrogen and oxygen atoms in total. The second kappa shape index (κ2) is 11.5. The molecule has 1 saturated heterocycles. The molecular weight excluding hydrogens is 581 g/mol. The van der Waals surface area contributed by atoms with Gasteiger partial charge in [0.1, 0.15) is 5.69 Å². The molecule has 1 unspecified atom stereocenters. The van der Waals surface area contributed by atoms with Crippen molar-refractivity contribution in [1.82, 2.24) is 20.4 Å². The number of oxime groups is 1. The minimum absolute atomic E-state index is 0.0170. The summed E-state index contributed by atoms with van der Waals surface area (Å²) in [6.07, 6.45) is 4.80. The number of hydrogen-bond donors (Lipinski definition) is 2. The molecule has 6 atom stereocenters. The largest absolute Gasteiger partial charge is 0.481 e. The van der Waals surface area contributed by atoms with Crippen molar-refractivity contribution in [3.8, 4) is 0 Å². The van der Waals surface area contributed by atoms with Gasteiger partial charge >= 0.3 is 7.12 Å². The monoisotopic (exact) mass is 623 g/mol. The van der Waals surface area contributed by atoms with E-state index in [1.165, 1.54) is 10.9 Å². The maximum atomic E-state index is 14.3. The fourth-order valence-corrected chi connectivity index (χ4v) is 8.16. The maximum absolute atomic E-state index is 14.3. The third-order valence-electron chi connectivity index (χ3n) is 10.5. The fraction of sp³-hybridized carbons (Fsp3) is 0.625. The standard InChI is InChI=1S/C32H43BClN5O5/c1-19(2)12-26(33-42-25-14-21-13-24(30(21,3)4)31(25,5)43-33)37-29(41)32(15-20-10-8-7-9-11-20)16-22(38-44-32)17-35-28(40)27-23(34)18-36-39(27)6/h7-11,18-19,21,24-26H,12-17H2,1-6H3,(H,35,40)(H,37,41)/t21-,24-,25+,26-,31-,32?/m0/s1. The fourth-order valence-electron chi connectivity index (χ4n) is 7.91. The number of nitrogens with zero attached hydrogens (tertiary/aromatic N) is 3. The molecule has 0 spiro atoms. The summed E-state index contributed by atoms with van der Waals surface area (Å²) in [6.45, 7) is 11.2. The average Bonchev–Trinajstić information content (AvgIpc) is 3.66. The highest BCUT2D eigenvalue weighted by Gasteiger charge is 2.68. The minimum atomic E-state index is -1.29. The quantitative estimate of drug-likeness (QED) is 0.380. The molecule has 1 aromatic carbocycles. The SMILES string of the molecule is CC(C)C[C@H](NC(=O)C1(Cc2ccccc2)CC(CNC(=O)c2c(Cl)cnn2C)=NO1)B1O[C@@H]2C[C@@H]3C[C@@H](C3(C)C)[C@]2(C)O1. The molecule has 3 heterocycles. The Kier molecular flexibility index (Phi) is 8.12. The highest BCUT2D eigenvalue weighted by molar-refractivity contribution is 6.48. The molecular formula is C32H43BClN5O5. The summed E-state index contributed by atoms with van der Waals surface area (Å²) in [5.41, 5.74) is 0.307. The smallest absolute Gasteiger partial charge is 0.404 e. The Morgan fingerprint density at radius 1 is 1.18 bits per heavy atom. The zero-order valence-corrected chi connectivity index (χ0v) is 27.2. The van der Waals surface area contributed by atoms with Gasteiger partial charge in [-0.25, -0.2) is 0 Å². The van der Waals surface area contributed by atoms with Crippen LogP contribution in [0.1, 0.15) is 76.4 Å². The van der Waals surface area contributed by atoms with E-state index in [0.29, 0.717) is 36.3 Å². The first-order valence-electron chi connectivity index (χ1n) is 15.7. The lowest BCUT2D eigenvalue weighted by molar-refractivity contribution is -0.199. The highest BCUT2D eigenvalue weighted by Crippen LogP contribution is 2.65. The molecule has 2 N–H and O–H groups in total. The second-order valence-electron chi connectivity index (χ2n) is 14.3. The van der Waals surface area contributed by atoms with Crippen LogP contribution in [0.4, 0.5) is 0 Å². The van der Waals surface area contributed by atoms with Crippen molar-refractivity contribution in [2.75, 3.05) is 6.54 Å². The number of carbonyl (C=O) groups excluding carboxylic acids is 2. The van der Waals surface area contributed by atoms with Crippen LogP contribution in [0.2, 0.25) is 5.02 Å². The van der Waals surface area contributed by atoms with E-state index in [1.807, 2.05) is 30.3 Å². The first kappa shape index (κ1) is 31.1. The Balaban J connectivity index is 1.19. The third-order valence-corrected chi connectivity index (χ3v) is 10.8. The van der Waals surface area contributed by atoms with Crippen molar-refractivity contribution < 1.29 is 23.7 Å². The highest BCUT2D eigenvalue weighted by atomic mass is 35.5. The van der Waals surface area contributed by atoms with E-state index in [-0.39, 0.29) is 58.6 Å². The van der Waals surface area contributed by atoms with Gasteiger partial charge in [-0.3, -0.25) is 14.3 Å². The summed E-state index contributed by atoms with van der Waals surface area (Å²) in [6, 6.07) is 9.75. The van der Waals surface area contributed by atoms with E-state index in [1.54, 1.807) is 7.05 Å². The molecule has 5 aliphatic rings. The lowest BCUT2D eigenvalue weighted by atomic mass is 9.43. The molecule has 236 valence electrons. The predicted molar refractivity (Wildman–Crippen MR) is 168 cm³/mol. The number of benzene rings is 1. The van der Waals surface area contributed by atoms with Crippen LogP contribution >= 0.6 is 11.6 Å². The normalized spacial score (nSPS) is 30.7. The van der Waals surface area contributed by atoms with E-state index in [2.05, 4.69) is 55.5 Å². The van der Waals surface area contributed by atoms with Crippen LogP contribution in [0.25, 0.3) is 0 Å². The molecule has 1 aromatic heterocycles. The van der Waals surface area contributed by atoms with E-state index >= 15 is 0 Å². The number of aromatic nitrogens is 2. The first-order chi connectivity index (χ1) is 20.8. The molecule has 0 radical (unpaired) electrons. The zero-order chi connectivity index (χ0) is 31.4. The maximum Gasteiger partial charge on any atom is 0.481 e. The molecule has 3 aliphatic carbocycles. The number of hydrogen-bond acceptors (Lipinski definition) is 7. The summed E-state index contributed by atoms with van der Waals surface area (Å²) < 4.78 is 14.8. The van der Waals surface area contributed by atoms with Crippen LogP contribution in [0, 0.1) is 23.2 Å². The first-order valence-corrected chi connectivity index (χ1v) is 16.1. The van der Waals surface area contributed by atoms with E-state index in [9.17, 15) is 9.59 Å². The van der Waals surface area contributed by atoms with Gasteiger partial charge in [0, 0.05) is 19.9 Å².